The first-order chi connectivity index (χ1) is 18.9. The van der Waals surface area contributed by atoms with Gasteiger partial charge in [0.05, 0.1) is 21.5 Å². The highest BCUT2D eigenvalue weighted by atomic mass is 35.5. The van der Waals surface area contributed by atoms with Gasteiger partial charge >= 0.3 is 6.61 Å². The number of carbonyl (C=O) groups excluding carboxylic acids is 3. The molecule has 40 heavy (non-hydrogen) atoms. The zero-order valence-corrected chi connectivity index (χ0v) is 24.5. The lowest BCUT2D eigenvalue weighted by atomic mass is 10.1. The van der Waals surface area contributed by atoms with E-state index in [0.29, 0.717) is 22.3 Å². The predicted molar refractivity (Wildman–Crippen MR) is 152 cm³/mol. The van der Waals surface area contributed by atoms with Crippen molar-refractivity contribution in [2.45, 2.75) is 40.3 Å². The third kappa shape index (κ3) is 9.12. The number of nitrogens with zero attached hydrogens (tertiary/aromatic N) is 2. The van der Waals surface area contributed by atoms with Crippen molar-refractivity contribution in [1.29, 1.82) is 0 Å². The number of alkyl halides is 2. The van der Waals surface area contributed by atoms with E-state index in [1.807, 2.05) is 32.6 Å². The van der Waals surface area contributed by atoms with Crippen LogP contribution in [0.5, 0.6) is 5.75 Å². The molecule has 0 saturated carbocycles. The molecule has 0 bridgehead atoms. The fraction of sp³-hybridized carbons (Fsp3) is 0.519. The second-order valence-electron chi connectivity index (χ2n) is 10.2. The number of hydrogen-bond donors (Lipinski definition) is 2. The van der Waals surface area contributed by atoms with Gasteiger partial charge in [-0.3, -0.25) is 19.3 Å². The van der Waals surface area contributed by atoms with Crippen LogP contribution in [-0.2, 0) is 14.3 Å². The topological polar surface area (TPSA) is 100 Å². The third-order valence-corrected chi connectivity index (χ3v) is 7.15. The van der Waals surface area contributed by atoms with Crippen LogP contribution in [0, 0.1) is 11.8 Å². The van der Waals surface area contributed by atoms with E-state index in [0.717, 1.165) is 11.3 Å². The minimum Gasteiger partial charge on any atom is -0.433 e. The van der Waals surface area contributed by atoms with Crippen molar-refractivity contribution in [3.05, 3.63) is 39.5 Å². The molecule has 2 N–H and O–H groups in total. The van der Waals surface area contributed by atoms with Crippen LogP contribution in [0.15, 0.2) is 30.3 Å². The SMILES string of the molecule is CC(C)CN(CC(C)C)[C@@H](CNC(=O)c1ccc(Cl)s1)C(=O)Nc1ccc(N2CCOCC2=O)c(OC(F)F)c1. The lowest BCUT2D eigenvalue weighted by Gasteiger charge is -2.33. The Morgan fingerprint density at radius 1 is 1.15 bits per heavy atom. The zero-order chi connectivity index (χ0) is 29.4. The first-order valence-corrected chi connectivity index (χ1v) is 14.2. The number of hydrogen-bond acceptors (Lipinski definition) is 7. The molecule has 9 nitrogen and oxygen atoms in total. The molecule has 2 heterocycles. The van der Waals surface area contributed by atoms with Crippen molar-refractivity contribution in [1.82, 2.24) is 10.2 Å². The highest BCUT2D eigenvalue weighted by Crippen LogP contribution is 2.34. The van der Waals surface area contributed by atoms with Crippen LogP contribution >= 0.6 is 22.9 Å². The van der Waals surface area contributed by atoms with Crippen molar-refractivity contribution >= 4 is 52.0 Å². The van der Waals surface area contributed by atoms with Crippen LogP contribution in [0.1, 0.15) is 37.4 Å². The van der Waals surface area contributed by atoms with Crippen LogP contribution in [0.25, 0.3) is 0 Å². The highest BCUT2D eigenvalue weighted by molar-refractivity contribution is 7.18. The predicted octanol–water partition coefficient (Wildman–Crippen LogP) is 4.72. The Labute approximate surface area is 241 Å². The normalized spacial score (nSPS) is 14.8. The largest absolute Gasteiger partial charge is 0.433 e. The number of carbonyl (C=O) groups is 3. The molecule has 0 unspecified atom stereocenters. The number of halogens is 3. The van der Waals surface area contributed by atoms with Gasteiger partial charge in [-0.15, -0.1) is 11.3 Å². The van der Waals surface area contributed by atoms with Crippen LogP contribution in [-0.4, -0.2) is 74.7 Å². The molecule has 1 atom stereocenters. The fourth-order valence-corrected chi connectivity index (χ4v) is 5.33. The van der Waals surface area contributed by atoms with Crippen LogP contribution in [0.2, 0.25) is 4.34 Å². The summed E-state index contributed by atoms with van der Waals surface area (Å²) in [5.41, 5.74) is 0.367. The molecule has 1 aromatic heterocycles. The van der Waals surface area contributed by atoms with Gasteiger partial charge in [0.1, 0.15) is 12.6 Å². The lowest BCUT2D eigenvalue weighted by Crippen LogP contribution is -2.52. The Kier molecular flexibility index (Phi) is 11.7. The number of amides is 3. The third-order valence-electron chi connectivity index (χ3n) is 5.92. The maximum absolute atomic E-state index is 13.6. The van der Waals surface area contributed by atoms with E-state index < -0.39 is 18.6 Å². The molecule has 2 aromatic rings. The summed E-state index contributed by atoms with van der Waals surface area (Å²) >= 11 is 7.10. The Morgan fingerprint density at radius 2 is 1.85 bits per heavy atom. The first kappa shape index (κ1) is 31.7. The monoisotopic (exact) mass is 600 g/mol. The molecular weight excluding hydrogens is 566 g/mol. The quantitative estimate of drug-likeness (QED) is 0.345. The average Bonchev–Trinajstić information content (AvgIpc) is 3.30. The summed E-state index contributed by atoms with van der Waals surface area (Å²) < 4.78 is 36.8. The fourth-order valence-electron chi connectivity index (χ4n) is 4.37. The Bertz CT molecular complexity index is 1170. The number of benzene rings is 1. The molecule has 0 spiro atoms. The van der Waals surface area contributed by atoms with Crippen LogP contribution in [0.4, 0.5) is 20.2 Å². The summed E-state index contributed by atoms with van der Waals surface area (Å²) in [6.07, 6.45) is 0. The maximum Gasteiger partial charge on any atom is 0.387 e. The lowest BCUT2D eigenvalue weighted by molar-refractivity contribution is -0.126. The molecule has 1 aliphatic rings. The average molecular weight is 601 g/mol. The number of ether oxygens (including phenoxy) is 2. The molecule has 13 heteroatoms. The number of rotatable bonds is 13. The molecule has 220 valence electrons. The van der Waals surface area contributed by atoms with Gasteiger partial charge in [0, 0.05) is 37.9 Å². The number of anilines is 2. The van der Waals surface area contributed by atoms with Gasteiger partial charge in [0.25, 0.3) is 11.8 Å². The van der Waals surface area contributed by atoms with E-state index in [2.05, 4.69) is 10.6 Å². The molecule has 0 radical (unpaired) electrons. The molecule has 3 rings (SSSR count). The van der Waals surface area contributed by atoms with Crippen LogP contribution < -0.4 is 20.3 Å². The van der Waals surface area contributed by atoms with Crippen molar-refractivity contribution in [3.8, 4) is 5.75 Å². The minimum absolute atomic E-state index is 0.0143. The van der Waals surface area contributed by atoms with Gasteiger partial charge in [-0.2, -0.15) is 8.78 Å². The summed E-state index contributed by atoms with van der Waals surface area (Å²) in [7, 11) is 0. The summed E-state index contributed by atoms with van der Waals surface area (Å²) in [5, 5.41) is 5.62. The molecule has 1 aliphatic heterocycles. The Hall–Kier alpha value is -2.80. The molecule has 0 aliphatic carbocycles. The summed E-state index contributed by atoms with van der Waals surface area (Å²) in [5.74, 6) is -0.943. The van der Waals surface area contributed by atoms with Crippen molar-refractivity contribution in [2.75, 3.05) is 49.6 Å². The standard InChI is InChI=1S/C27H35ClF2N4O5S/c1-16(2)13-33(14-17(3)4)20(12-31-26(37)22-7-8-23(28)40-22)25(36)32-18-5-6-19(21(11-18)39-27(29)30)34-9-10-38-15-24(34)35/h5-8,11,16-17,20,27H,9-10,12-15H2,1-4H3,(H,31,37)(H,32,36)/t20-/m0/s1. The second-order valence-corrected chi connectivity index (χ2v) is 11.9. The van der Waals surface area contributed by atoms with Gasteiger partial charge in [-0.25, -0.2) is 0 Å². The van der Waals surface area contributed by atoms with Gasteiger partial charge in [0.2, 0.25) is 5.91 Å². The van der Waals surface area contributed by atoms with Gasteiger partial charge < -0.3 is 25.0 Å². The zero-order valence-electron chi connectivity index (χ0n) is 22.9. The smallest absolute Gasteiger partial charge is 0.387 e. The first-order valence-electron chi connectivity index (χ1n) is 13.0. The minimum atomic E-state index is -3.14. The molecule has 3 amide bonds. The van der Waals surface area contributed by atoms with Crippen molar-refractivity contribution in [2.24, 2.45) is 11.8 Å². The van der Waals surface area contributed by atoms with Gasteiger partial charge in [-0.05, 0) is 36.1 Å². The number of thiophene rings is 1. The van der Waals surface area contributed by atoms with E-state index >= 15 is 0 Å². The number of morpholine rings is 1. The van der Waals surface area contributed by atoms with Crippen LogP contribution in [0.3, 0.4) is 0 Å². The van der Waals surface area contributed by atoms with Gasteiger partial charge in [0.15, 0.2) is 5.75 Å². The van der Waals surface area contributed by atoms with E-state index in [4.69, 9.17) is 21.1 Å². The van der Waals surface area contributed by atoms with E-state index in [9.17, 15) is 23.2 Å². The Morgan fingerprint density at radius 3 is 2.42 bits per heavy atom. The van der Waals surface area contributed by atoms with Crippen molar-refractivity contribution in [3.63, 3.8) is 0 Å². The van der Waals surface area contributed by atoms with E-state index in [1.54, 1.807) is 12.1 Å². The summed E-state index contributed by atoms with van der Waals surface area (Å²) in [6, 6.07) is 6.72. The molecular formula is C27H35ClF2N4O5S. The Balaban J connectivity index is 1.86. The van der Waals surface area contributed by atoms with E-state index in [-0.39, 0.29) is 67.1 Å². The molecule has 1 saturated heterocycles. The maximum atomic E-state index is 13.6. The number of nitrogens with one attached hydrogen (secondary N) is 2. The second kappa shape index (κ2) is 14.7. The van der Waals surface area contributed by atoms with Crippen molar-refractivity contribution < 1.29 is 32.6 Å². The van der Waals surface area contributed by atoms with Gasteiger partial charge in [-0.1, -0.05) is 39.3 Å². The summed E-state index contributed by atoms with van der Waals surface area (Å²) in [4.78, 5) is 42.4. The summed E-state index contributed by atoms with van der Waals surface area (Å²) in [6.45, 7) is 6.47. The molecule has 1 fully saturated rings. The highest BCUT2D eigenvalue weighted by Gasteiger charge is 2.29. The molecule has 1 aromatic carbocycles. The van der Waals surface area contributed by atoms with E-state index in [1.165, 1.54) is 23.1 Å².